The van der Waals surface area contributed by atoms with Gasteiger partial charge >= 0.3 is 0 Å². The highest BCUT2D eigenvalue weighted by Crippen LogP contribution is 2.14. The molecule has 0 unspecified atom stereocenters. The van der Waals surface area contributed by atoms with Gasteiger partial charge in [0.15, 0.2) is 5.96 Å². The second-order valence-corrected chi connectivity index (χ2v) is 6.04. The average molecular weight is 439 g/mol. The normalized spacial score (nSPS) is 11.1. The number of halogens is 1. The number of ether oxygens (including phenoxy) is 1. The van der Waals surface area contributed by atoms with Crippen LogP contribution in [0.25, 0.3) is 0 Å². The van der Waals surface area contributed by atoms with Gasteiger partial charge in [0.05, 0.1) is 13.2 Å². The number of guanidine groups is 1. The number of nitrogens with two attached hydrogens (primary N) is 1. The number of nitrogens with one attached hydrogen (secondary N) is 1. The van der Waals surface area contributed by atoms with Crippen LogP contribution in [-0.4, -0.2) is 12.6 Å². The molecule has 0 aromatic heterocycles. The van der Waals surface area contributed by atoms with E-state index >= 15 is 0 Å². The Kier molecular flexibility index (Phi) is 8.60. The van der Waals surface area contributed by atoms with Gasteiger partial charge in [-0.2, -0.15) is 0 Å². The van der Waals surface area contributed by atoms with Crippen molar-refractivity contribution in [2.24, 2.45) is 16.6 Å². The van der Waals surface area contributed by atoms with E-state index in [-0.39, 0.29) is 24.0 Å². The van der Waals surface area contributed by atoms with Crippen molar-refractivity contribution in [3.63, 3.8) is 0 Å². The van der Waals surface area contributed by atoms with Crippen LogP contribution in [0.2, 0.25) is 0 Å². The molecule has 24 heavy (non-hydrogen) atoms. The fourth-order valence-electron chi connectivity index (χ4n) is 1.95. The molecule has 130 valence electrons. The zero-order valence-corrected chi connectivity index (χ0v) is 16.8. The summed E-state index contributed by atoms with van der Waals surface area (Å²) in [5.41, 5.74) is 9.16. The Balaban J connectivity index is 0.00000288. The number of nitrogens with zero attached hydrogens (tertiary/aromatic N) is 1. The first-order chi connectivity index (χ1) is 11.0. The lowest BCUT2D eigenvalue weighted by Crippen LogP contribution is -2.22. The van der Waals surface area contributed by atoms with Gasteiger partial charge in [0.1, 0.15) is 5.75 Å². The van der Waals surface area contributed by atoms with Gasteiger partial charge in [0.25, 0.3) is 0 Å². The molecule has 0 atom stereocenters. The van der Waals surface area contributed by atoms with Crippen LogP contribution >= 0.6 is 24.0 Å². The fraction of sp³-hybridized carbons (Fsp3) is 0.316. The van der Waals surface area contributed by atoms with Crippen LogP contribution in [0.1, 0.15) is 25.0 Å². The molecule has 0 amide bonds. The quantitative estimate of drug-likeness (QED) is 0.394. The van der Waals surface area contributed by atoms with Gasteiger partial charge in [-0.05, 0) is 42.7 Å². The predicted molar refractivity (Wildman–Crippen MR) is 112 cm³/mol. The van der Waals surface area contributed by atoms with Gasteiger partial charge in [0.2, 0.25) is 0 Å². The van der Waals surface area contributed by atoms with Gasteiger partial charge in [-0.25, -0.2) is 4.99 Å². The molecule has 4 nitrogen and oxygen atoms in total. The summed E-state index contributed by atoms with van der Waals surface area (Å²) in [5, 5.41) is 3.09. The smallest absolute Gasteiger partial charge is 0.193 e. The molecule has 0 saturated heterocycles. The molecule has 2 aromatic carbocycles. The number of benzene rings is 2. The zero-order chi connectivity index (χ0) is 16.7. The average Bonchev–Trinajstić information content (AvgIpc) is 2.54. The van der Waals surface area contributed by atoms with Gasteiger partial charge in [-0.3, -0.25) is 0 Å². The lowest BCUT2D eigenvalue weighted by Gasteiger charge is -2.09. The lowest BCUT2D eigenvalue weighted by molar-refractivity contribution is 0.271. The van der Waals surface area contributed by atoms with Crippen LogP contribution in [0.3, 0.4) is 0 Å². The van der Waals surface area contributed by atoms with Crippen LogP contribution in [0.4, 0.5) is 5.69 Å². The van der Waals surface area contributed by atoms with Gasteiger partial charge < -0.3 is 15.8 Å². The molecular weight excluding hydrogens is 413 g/mol. The summed E-state index contributed by atoms with van der Waals surface area (Å²) in [6.07, 6.45) is 0. The van der Waals surface area contributed by atoms with Crippen molar-refractivity contribution in [2.75, 3.05) is 11.9 Å². The SMILES string of the molecule is Cc1ccc(NC(N)=NCc2ccc(OCC(C)C)cc2)cc1.I. The third-order valence-corrected chi connectivity index (χ3v) is 3.26. The summed E-state index contributed by atoms with van der Waals surface area (Å²) in [6, 6.07) is 16.0. The Morgan fingerprint density at radius 1 is 1.08 bits per heavy atom. The van der Waals surface area contributed by atoms with Crippen LogP contribution in [-0.2, 0) is 6.54 Å². The maximum Gasteiger partial charge on any atom is 0.193 e. The minimum Gasteiger partial charge on any atom is -0.493 e. The number of hydrogen-bond donors (Lipinski definition) is 2. The van der Waals surface area contributed by atoms with Crippen molar-refractivity contribution in [3.05, 3.63) is 59.7 Å². The summed E-state index contributed by atoms with van der Waals surface area (Å²) < 4.78 is 5.66. The molecule has 0 radical (unpaired) electrons. The molecule has 0 spiro atoms. The Labute approximate surface area is 161 Å². The van der Waals surface area contributed by atoms with Crippen molar-refractivity contribution in [3.8, 4) is 5.75 Å². The minimum absolute atomic E-state index is 0. The summed E-state index contributed by atoms with van der Waals surface area (Å²) >= 11 is 0. The summed E-state index contributed by atoms with van der Waals surface area (Å²) in [4.78, 5) is 4.36. The highest BCUT2D eigenvalue weighted by atomic mass is 127. The Morgan fingerprint density at radius 2 is 1.71 bits per heavy atom. The van der Waals surface area contributed by atoms with E-state index in [4.69, 9.17) is 10.5 Å². The molecular formula is C19H26IN3O. The van der Waals surface area contributed by atoms with Crippen molar-refractivity contribution < 1.29 is 4.74 Å². The molecule has 0 aliphatic rings. The fourth-order valence-corrected chi connectivity index (χ4v) is 1.95. The first-order valence-electron chi connectivity index (χ1n) is 7.88. The first kappa shape index (κ1) is 20.3. The predicted octanol–water partition coefficient (Wildman–Crippen LogP) is 4.57. The van der Waals surface area contributed by atoms with Crippen molar-refractivity contribution in [1.29, 1.82) is 0 Å². The second-order valence-electron chi connectivity index (χ2n) is 6.04. The van der Waals surface area contributed by atoms with Gasteiger partial charge in [0, 0.05) is 5.69 Å². The van der Waals surface area contributed by atoms with Gasteiger partial charge in [-0.15, -0.1) is 24.0 Å². The van der Waals surface area contributed by atoms with Crippen LogP contribution < -0.4 is 15.8 Å². The topological polar surface area (TPSA) is 59.6 Å². The van der Waals surface area contributed by atoms with Crippen LogP contribution in [0.5, 0.6) is 5.75 Å². The number of aliphatic imine (C=N–C) groups is 1. The van der Waals surface area contributed by atoms with E-state index < -0.39 is 0 Å². The third-order valence-electron chi connectivity index (χ3n) is 3.26. The van der Waals surface area contributed by atoms with Crippen molar-refractivity contribution in [1.82, 2.24) is 0 Å². The molecule has 2 rings (SSSR count). The largest absolute Gasteiger partial charge is 0.493 e. The lowest BCUT2D eigenvalue weighted by atomic mass is 10.2. The Bertz CT molecular complexity index is 637. The van der Waals surface area contributed by atoms with Crippen molar-refractivity contribution >= 4 is 35.6 Å². The highest BCUT2D eigenvalue weighted by molar-refractivity contribution is 14.0. The standard InChI is InChI=1S/C19H25N3O.HI/c1-14(2)13-23-18-10-6-16(7-11-18)12-21-19(20)22-17-8-4-15(3)5-9-17;/h4-11,14H,12-13H2,1-3H3,(H3,20,21,22);1H. The Hall–Kier alpha value is -1.76. The molecule has 0 heterocycles. The summed E-state index contributed by atoms with van der Waals surface area (Å²) in [6.45, 7) is 7.58. The number of aryl methyl sites for hydroxylation is 1. The van der Waals surface area contributed by atoms with E-state index in [1.165, 1.54) is 5.56 Å². The highest BCUT2D eigenvalue weighted by Gasteiger charge is 1.99. The molecule has 0 saturated carbocycles. The molecule has 0 aliphatic heterocycles. The monoisotopic (exact) mass is 439 g/mol. The van der Waals surface area contributed by atoms with Crippen LogP contribution in [0.15, 0.2) is 53.5 Å². The summed E-state index contributed by atoms with van der Waals surface area (Å²) in [5.74, 6) is 1.82. The number of hydrogen-bond acceptors (Lipinski definition) is 2. The zero-order valence-electron chi connectivity index (χ0n) is 14.5. The number of rotatable bonds is 6. The maximum absolute atomic E-state index is 5.92. The van der Waals surface area contributed by atoms with E-state index in [0.717, 1.165) is 23.6 Å². The first-order valence-corrected chi connectivity index (χ1v) is 7.88. The third kappa shape index (κ3) is 7.21. The number of anilines is 1. The Morgan fingerprint density at radius 3 is 2.29 bits per heavy atom. The van der Waals surface area contributed by atoms with E-state index in [2.05, 4.69) is 31.1 Å². The van der Waals surface area contributed by atoms with E-state index in [1.54, 1.807) is 0 Å². The van der Waals surface area contributed by atoms with Crippen LogP contribution in [0, 0.1) is 12.8 Å². The molecule has 5 heteroatoms. The van der Waals surface area contributed by atoms with E-state index in [1.807, 2.05) is 48.5 Å². The maximum atomic E-state index is 5.92. The second kappa shape index (κ2) is 10.2. The molecule has 3 N–H and O–H groups in total. The molecule has 0 bridgehead atoms. The molecule has 2 aromatic rings. The molecule has 0 fully saturated rings. The minimum atomic E-state index is 0. The molecule has 0 aliphatic carbocycles. The summed E-state index contributed by atoms with van der Waals surface area (Å²) in [7, 11) is 0. The van der Waals surface area contributed by atoms with E-state index in [9.17, 15) is 0 Å². The van der Waals surface area contributed by atoms with E-state index in [0.29, 0.717) is 18.4 Å². The van der Waals surface area contributed by atoms with Crippen molar-refractivity contribution in [2.45, 2.75) is 27.3 Å². The van der Waals surface area contributed by atoms with Gasteiger partial charge in [-0.1, -0.05) is 43.7 Å².